The third kappa shape index (κ3) is 3.49. The van der Waals surface area contributed by atoms with Gasteiger partial charge in [-0.1, -0.05) is 29.3 Å². The number of allylic oxidation sites excluding steroid dienone is 3. The monoisotopic (exact) mass is 240 g/mol. The maximum Gasteiger partial charge on any atom is 0.410 e. The Morgan fingerprint density at radius 3 is 2.67 bits per heavy atom. The molecule has 0 N–H and O–H groups in total. The van der Waals surface area contributed by atoms with E-state index in [1.807, 2.05) is 36.4 Å². The zero-order chi connectivity index (χ0) is 12.6. The molecule has 0 aromatic heterocycles. The number of para-hydroxylation sites is 1. The molecule has 4 nitrogen and oxygen atoms in total. The van der Waals surface area contributed by atoms with Crippen LogP contribution >= 0.6 is 0 Å². The van der Waals surface area contributed by atoms with E-state index in [0.717, 1.165) is 12.8 Å². The van der Waals surface area contributed by atoms with Crippen LogP contribution in [0.4, 0.5) is 0 Å². The third-order valence-corrected chi connectivity index (χ3v) is 2.26. The Labute approximate surface area is 105 Å². The summed E-state index contributed by atoms with van der Waals surface area (Å²) in [5.74, 6) is 1.22. The minimum atomic E-state index is -0.0681. The molecule has 0 atom stereocenters. The zero-order valence-corrected chi connectivity index (χ0v) is 9.74. The first-order valence-corrected chi connectivity index (χ1v) is 5.63. The van der Waals surface area contributed by atoms with E-state index in [2.05, 4.69) is 4.99 Å². The molecule has 90 valence electrons. The minimum Gasteiger partial charge on any atom is -0.411 e. The van der Waals surface area contributed by atoms with Crippen LogP contribution in [-0.4, -0.2) is 6.08 Å². The summed E-state index contributed by atoms with van der Waals surface area (Å²) in [6, 6.07) is 9.07. The normalized spacial score (nSPS) is 14.6. The lowest BCUT2D eigenvalue weighted by atomic mass is 10.2. The Bertz CT molecular complexity index is 524. The van der Waals surface area contributed by atoms with Crippen LogP contribution in [0.15, 0.2) is 59.3 Å². The van der Waals surface area contributed by atoms with Crippen molar-refractivity contribution in [2.45, 2.75) is 12.8 Å². The largest absolute Gasteiger partial charge is 0.411 e. The van der Waals surface area contributed by atoms with E-state index in [1.54, 1.807) is 18.3 Å². The van der Waals surface area contributed by atoms with E-state index >= 15 is 0 Å². The van der Waals surface area contributed by atoms with Crippen molar-refractivity contribution < 1.29 is 9.47 Å². The summed E-state index contributed by atoms with van der Waals surface area (Å²) < 4.78 is 10.8. The second-order valence-corrected chi connectivity index (χ2v) is 3.58. The number of nitrogens with zero attached hydrogens (tertiary/aromatic N) is 2. The number of benzene rings is 1. The molecule has 4 heteroatoms. The Morgan fingerprint density at radius 1 is 1.17 bits per heavy atom. The lowest BCUT2D eigenvalue weighted by Gasteiger charge is -2.10. The fraction of sp³-hybridized carbons (Fsp3) is 0.143. The number of hydrogen-bond acceptors (Lipinski definition) is 4. The van der Waals surface area contributed by atoms with Crippen molar-refractivity contribution in [2.24, 2.45) is 4.99 Å². The van der Waals surface area contributed by atoms with Gasteiger partial charge < -0.3 is 9.47 Å². The van der Waals surface area contributed by atoms with Gasteiger partial charge >= 0.3 is 6.08 Å². The summed E-state index contributed by atoms with van der Waals surface area (Å²) in [4.78, 5) is 3.52. The molecule has 0 spiro atoms. The molecule has 1 aliphatic carbocycles. The van der Waals surface area contributed by atoms with Gasteiger partial charge in [-0.2, -0.15) is 5.26 Å². The van der Waals surface area contributed by atoms with Gasteiger partial charge in [0.25, 0.3) is 0 Å². The van der Waals surface area contributed by atoms with E-state index in [4.69, 9.17) is 14.7 Å². The zero-order valence-electron chi connectivity index (χ0n) is 9.74. The van der Waals surface area contributed by atoms with Crippen LogP contribution in [0.2, 0.25) is 0 Å². The van der Waals surface area contributed by atoms with Crippen LogP contribution in [0, 0.1) is 11.5 Å². The molecule has 2 rings (SSSR count). The molecule has 0 bridgehead atoms. The molecule has 0 saturated heterocycles. The van der Waals surface area contributed by atoms with E-state index in [1.165, 1.54) is 0 Å². The minimum absolute atomic E-state index is 0.0681. The van der Waals surface area contributed by atoms with Gasteiger partial charge in [0.2, 0.25) is 6.19 Å². The van der Waals surface area contributed by atoms with Crippen LogP contribution in [0.5, 0.6) is 5.75 Å². The van der Waals surface area contributed by atoms with Gasteiger partial charge in [0, 0.05) is 0 Å². The molecule has 0 aliphatic heterocycles. The Kier molecular flexibility index (Phi) is 4.15. The molecule has 0 amide bonds. The van der Waals surface area contributed by atoms with Crippen molar-refractivity contribution in [3.8, 4) is 11.9 Å². The molecule has 0 heterocycles. The van der Waals surface area contributed by atoms with Gasteiger partial charge in [-0.05, 0) is 37.1 Å². The van der Waals surface area contributed by atoms with E-state index in [0.29, 0.717) is 11.5 Å². The summed E-state index contributed by atoms with van der Waals surface area (Å²) in [6.07, 6.45) is 9.28. The van der Waals surface area contributed by atoms with Crippen molar-refractivity contribution in [3.05, 3.63) is 54.3 Å². The molecule has 0 fully saturated rings. The van der Waals surface area contributed by atoms with Gasteiger partial charge in [0.15, 0.2) is 0 Å². The maximum atomic E-state index is 8.61. The fourth-order valence-corrected chi connectivity index (χ4v) is 1.46. The molecule has 0 radical (unpaired) electrons. The number of hydrogen-bond donors (Lipinski definition) is 0. The highest BCUT2D eigenvalue weighted by Gasteiger charge is 2.08. The highest BCUT2D eigenvalue weighted by molar-refractivity contribution is 5.72. The summed E-state index contributed by atoms with van der Waals surface area (Å²) in [5.41, 5.74) is 0. The lowest BCUT2D eigenvalue weighted by molar-refractivity contribution is 0.318. The van der Waals surface area contributed by atoms with Gasteiger partial charge in [0.05, 0.1) is 0 Å². The average molecular weight is 240 g/mol. The second-order valence-electron chi connectivity index (χ2n) is 3.58. The topological polar surface area (TPSA) is 54.6 Å². The third-order valence-electron chi connectivity index (χ3n) is 2.26. The summed E-state index contributed by atoms with van der Waals surface area (Å²) in [6.45, 7) is 0. The summed E-state index contributed by atoms with van der Waals surface area (Å²) in [5, 5.41) is 8.61. The predicted octanol–water partition coefficient (Wildman–Crippen LogP) is 3.15. The highest BCUT2D eigenvalue weighted by Crippen LogP contribution is 2.14. The first kappa shape index (κ1) is 11.9. The molecule has 0 unspecified atom stereocenters. The van der Waals surface area contributed by atoms with Gasteiger partial charge in [-0.25, -0.2) is 0 Å². The molecule has 18 heavy (non-hydrogen) atoms. The first-order valence-electron chi connectivity index (χ1n) is 5.63. The molecule has 1 aromatic carbocycles. The van der Waals surface area contributed by atoms with Crippen LogP contribution < -0.4 is 4.74 Å². The van der Waals surface area contributed by atoms with Crippen molar-refractivity contribution >= 4 is 6.08 Å². The van der Waals surface area contributed by atoms with Crippen molar-refractivity contribution in [3.63, 3.8) is 0 Å². The smallest absolute Gasteiger partial charge is 0.410 e. The Morgan fingerprint density at radius 2 is 2.00 bits per heavy atom. The van der Waals surface area contributed by atoms with Crippen molar-refractivity contribution in [2.75, 3.05) is 0 Å². The van der Waals surface area contributed by atoms with Crippen LogP contribution in [0.1, 0.15) is 12.8 Å². The molecule has 0 saturated carbocycles. The molecule has 1 aliphatic rings. The Hall–Kier alpha value is -2.54. The van der Waals surface area contributed by atoms with Crippen LogP contribution in [0.3, 0.4) is 0 Å². The van der Waals surface area contributed by atoms with Crippen LogP contribution in [-0.2, 0) is 4.74 Å². The number of aliphatic imine (C=N–C) groups is 1. The van der Waals surface area contributed by atoms with Gasteiger partial charge in [0.1, 0.15) is 11.5 Å². The van der Waals surface area contributed by atoms with Crippen molar-refractivity contribution in [1.82, 2.24) is 0 Å². The molecule has 1 aromatic rings. The highest BCUT2D eigenvalue weighted by atomic mass is 16.7. The van der Waals surface area contributed by atoms with E-state index in [-0.39, 0.29) is 6.08 Å². The van der Waals surface area contributed by atoms with Crippen LogP contribution in [0.25, 0.3) is 0 Å². The second kappa shape index (κ2) is 6.26. The van der Waals surface area contributed by atoms with E-state index in [9.17, 15) is 0 Å². The van der Waals surface area contributed by atoms with Gasteiger partial charge in [-0.3, -0.25) is 0 Å². The number of nitriles is 1. The SMILES string of the molecule is N#CN=C(OC1=CCCC=C1)Oc1ccccc1. The summed E-state index contributed by atoms with van der Waals surface area (Å²) in [7, 11) is 0. The Balaban J connectivity index is 2.06. The van der Waals surface area contributed by atoms with E-state index < -0.39 is 0 Å². The quantitative estimate of drug-likeness (QED) is 0.453. The lowest BCUT2D eigenvalue weighted by Crippen LogP contribution is -2.12. The van der Waals surface area contributed by atoms with Crippen molar-refractivity contribution in [1.29, 1.82) is 5.26 Å². The number of rotatable bonds is 2. The first-order chi connectivity index (χ1) is 8.88. The molecular weight excluding hydrogens is 228 g/mol. The van der Waals surface area contributed by atoms with Gasteiger partial charge in [-0.15, -0.1) is 0 Å². The standard InChI is InChI=1S/C14H12N2O2/c15-11-16-14(17-12-7-3-1-4-8-12)18-13-9-5-2-6-10-13/h1,3-5,7-10H,2,6H2. The maximum absolute atomic E-state index is 8.61. The fourth-order valence-electron chi connectivity index (χ4n) is 1.46. The number of ether oxygens (including phenoxy) is 2. The molecular formula is C14H12N2O2. The predicted molar refractivity (Wildman–Crippen MR) is 67.7 cm³/mol. The average Bonchev–Trinajstić information content (AvgIpc) is 2.41. The summed E-state index contributed by atoms with van der Waals surface area (Å²) >= 11 is 0.